The Morgan fingerprint density at radius 1 is 1.13 bits per heavy atom. The largest absolute Gasteiger partial charge is 0.248 e. The third-order valence-electron chi connectivity index (χ3n) is 4.48. The van der Waals surface area contributed by atoms with Crippen molar-refractivity contribution in [3.8, 4) is 0 Å². The lowest BCUT2D eigenvalue weighted by atomic mass is 10.2. The first-order valence-electron chi connectivity index (χ1n) is 7.71. The van der Waals surface area contributed by atoms with E-state index < -0.39 is 10.0 Å². The lowest BCUT2D eigenvalue weighted by Gasteiger charge is -2.16. The molecule has 0 amide bonds. The maximum Gasteiger partial charge on any atom is 0.243 e. The normalized spacial score (nSPS) is 22.6. The summed E-state index contributed by atoms with van der Waals surface area (Å²) in [5.41, 5.74) is 1.04. The van der Waals surface area contributed by atoms with Crippen molar-refractivity contribution in [1.82, 2.24) is 19.3 Å². The van der Waals surface area contributed by atoms with Crippen LogP contribution in [0.1, 0.15) is 36.9 Å². The first kappa shape index (κ1) is 15.3. The van der Waals surface area contributed by atoms with Crippen LogP contribution in [0.5, 0.6) is 0 Å². The molecule has 1 atom stereocenters. The average molecular weight is 397 g/mol. The lowest BCUT2D eigenvalue weighted by molar-refractivity contribution is 0.428. The highest BCUT2D eigenvalue weighted by Crippen LogP contribution is 2.39. The van der Waals surface area contributed by atoms with E-state index in [-0.39, 0.29) is 6.04 Å². The summed E-state index contributed by atoms with van der Waals surface area (Å²) < 4.78 is 29.7. The number of rotatable bonds is 4. The van der Waals surface area contributed by atoms with Gasteiger partial charge in [-0.2, -0.15) is 4.31 Å². The Bertz CT molecular complexity index is 814. The second kappa shape index (κ2) is 5.68. The highest BCUT2D eigenvalue weighted by Gasteiger charge is 2.35. The molecule has 8 heteroatoms. The second-order valence-electron chi connectivity index (χ2n) is 6.16. The number of benzene rings is 1. The molecule has 1 saturated carbocycles. The van der Waals surface area contributed by atoms with E-state index in [1.54, 1.807) is 28.6 Å². The van der Waals surface area contributed by atoms with E-state index in [2.05, 4.69) is 26.2 Å². The van der Waals surface area contributed by atoms with Crippen LogP contribution >= 0.6 is 15.9 Å². The minimum absolute atomic E-state index is 0.0697. The Hall–Kier alpha value is -1.25. The van der Waals surface area contributed by atoms with Gasteiger partial charge in [0.2, 0.25) is 10.0 Å². The molecular weight excluding hydrogens is 380 g/mol. The van der Waals surface area contributed by atoms with Crippen molar-refractivity contribution >= 4 is 26.0 Å². The number of sulfonamides is 1. The summed E-state index contributed by atoms with van der Waals surface area (Å²) >= 11 is 3.33. The van der Waals surface area contributed by atoms with E-state index in [0.29, 0.717) is 23.9 Å². The van der Waals surface area contributed by atoms with Crippen molar-refractivity contribution in [2.75, 3.05) is 13.1 Å². The van der Waals surface area contributed by atoms with E-state index in [0.717, 1.165) is 16.6 Å². The topological polar surface area (TPSA) is 68.1 Å². The third kappa shape index (κ3) is 2.95. The number of nitrogens with zero attached hydrogens (tertiary/aromatic N) is 4. The molecule has 1 aromatic carbocycles. The van der Waals surface area contributed by atoms with E-state index in [1.807, 2.05) is 10.9 Å². The predicted octanol–water partition coefficient (Wildman–Crippen LogP) is 2.55. The molecule has 122 valence electrons. The number of aromatic nitrogens is 3. The fourth-order valence-corrected chi connectivity index (χ4v) is 4.69. The highest BCUT2D eigenvalue weighted by atomic mass is 79.9. The highest BCUT2D eigenvalue weighted by molar-refractivity contribution is 9.10. The van der Waals surface area contributed by atoms with E-state index in [9.17, 15) is 8.42 Å². The van der Waals surface area contributed by atoms with Gasteiger partial charge in [-0.25, -0.2) is 13.1 Å². The van der Waals surface area contributed by atoms with Gasteiger partial charge in [-0.05, 0) is 43.5 Å². The van der Waals surface area contributed by atoms with E-state index in [1.165, 1.54) is 12.8 Å². The Morgan fingerprint density at radius 2 is 1.87 bits per heavy atom. The van der Waals surface area contributed by atoms with Crippen LogP contribution in [0.3, 0.4) is 0 Å². The molecule has 0 bridgehead atoms. The summed E-state index contributed by atoms with van der Waals surface area (Å²) in [6.45, 7) is 0.966. The summed E-state index contributed by atoms with van der Waals surface area (Å²) in [5.74, 6) is 0.563. The number of halogens is 1. The van der Waals surface area contributed by atoms with Gasteiger partial charge >= 0.3 is 0 Å². The van der Waals surface area contributed by atoms with Crippen molar-refractivity contribution in [3.63, 3.8) is 0 Å². The van der Waals surface area contributed by atoms with Crippen molar-refractivity contribution in [2.24, 2.45) is 0 Å². The fourth-order valence-electron chi connectivity index (χ4n) is 2.94. The Morgan fingerprint density at radius 3 is 2.57 bits per heavy atom. The molecule has 1 aliphatic carbocycles. The van der Waals surface area contributed by atoms with Gasteiger partial charge in [-0.3, -0.25) is 0 Å². The first-order valence-corrected chi connectivity index (χ1v) is 9.95. The van der Waals surface area contributed by atoms with Crippen LogP contribution < -0.4 is 0 Å². The maximum absolute atomic E-state index is 12.7. The van der Waals surface area contributed by atoms with Crippen LogP contribution in [0.2, 0.25) is 0 Å². The molecule has 23 heavy (non-hydrogen) atoms. The van der Waals surface area contributed by atoms with Gasteiger partial charge in [0.1, 0.15) is 0 Å². The molecule has 0 N–H and O–H groups in total. The molecule has 2 aliphatic rings. The molecule has 1 aliphatic heterocycles. The Kier molecular flexibility index (Phi) is 3.78. The molecule has 2 fully saturated rings. The van der Waals surface area contributed by atoms with E-state index >= 15 is 0 Å². The quantitative estimate of drug-likeness (QED) is 0.795. The van der Waals surface area contributed by atoms with Crippen molar-refractivity contribution < 1.29 is 8.42 Å². The summed E-state index contributed by atoms with van der Waals surface area (Å²) in [6.07, 6.45) is 5.13. The second-order valence-corrected chi connectivity index (χ2v) is 9.01. The van der Waals surface area contributed by atoms with Crippen LogP contribution in [-0.4, -0.2) is 40.8 Å². The average Bonchev–Trinajstić information content (AvgIpc) is 3.07. The van der Waals surface area contributed by atoms with Crippen LogP contribution in [0.15, 0.2) is 39.8 Å². The number of hydrogen-bond donors (Lipinski definition) is 0. The SMILES string of the molecule is O=S(=O)(c1ccc(Br)cc1)N1CCC(n2cc(C3CC3)nn2)C1. The maximum atomic E-state index is 12.7. The molecule has 4 rings (SSSR count). The zero-order valence-corrected chi connectivity index (χ0v) is 14.9. The summed E-state index contributed by atoms with van der Waals surface area (Å²) in [6, 6.07) is 6.83. The third-order valence-corrected chi connectivity index (χ3v) is 6.88. The van der Waals surface area contributed by atoms with Gasteiger partial charge in [-0.1, -0.05) is 21.1 Å². The molecule has 0 spiro atoms. The van der Waals surface area contributed by atoms with Crippen molar-refractivity contribution in [3.05, 3.63) is 40.6 Å². The van der Waals surface area contributed by atoms with Gasteiger partial charge in [-0.15, -0.1) is 5.10 Å². The summed E-state index contributed by atoms with van der Waals surface area (Å²) in [7, 11) is -3.44. The van der Waals surface area contributed by atoms with Crippen LogP contribution in [-0.2, 0) is 10.0 Å². The smallest absolute Gasteiger partial charge is 0.243 e. The van der Waals surface area contributed by atoms with Crippen molar-refractivity contribution in [2.45, 2.75) is 36.1 Å². The molecule has 1 aromatic heterocycles. The molecule has 2 heterocycles. The minimum Gasteiger partial charge on any atom is -0.248 e. The van der Waals surface area contributed by atoms with Crippen LogP contribution in [0.4, 0.5) is 0 Å². The van der Waals surface area contributed by atoms with Crippen LogP contribution in [0.25, 0.3) is 0 Å². The summed E-state index contributed by atoms with van der Waals surface area (Å²) in [4.78, 5) is 0.332. The van der Waals surface area contributed by atoms with Crippen LogP contribution in [0, 0.1) is 0 Å². The molecule has 1 unspecified atom stereocenters. The molecule has 2 aromatic rings. The zero-order valence-electron chi connectivity index (χ0n) is 12.5. The zero-order chi connectivity index (χ0) is 16.0. The molecular formula is C15H17BrN4O2S. The number of hydrogen-bond acceptors (Lipinski definition) is 4. The van der Waals surface area contributed by atoms with Gasteiger partial charge < -0.3 is 0 Å². The standard InChI is InChI=1S/C15H17BrN4O2S/c16-12-3-5-14(6-4-12)23(21,22)19-8-7-13(9-19)20-10-15(17-18-20)11-1-2-11/h3-6,10-11,13H,1-2,7-9H2. The van der Waals surface area contributed by atoms with Gasteiger partial charge in [0.05, 0.1) is 16.6 Å². The lowest BCUT2D eigenvalue weighted by Crippen LogP contribution is -2.29. The fraction of sp³-hybridized carbons (Fsp3) is 0.467. The van der Waals surface area contributed by atoms with Gasteiger partial charge in [0.15, 0.2) is 0 Å². The minimum atomic E-state index is -3.44. The summed E-state index contributed by atoms with van der Waals surface area (Å²) in [5, 5.41) is 8.42. The van der Waals surface area contributed by atoms with Gasteiger partial charge in [0.25, 0.3) is 0 Å². The van der Waals surface area contributed by atoms with Crippen molar-refractivity contribution in [1.29, 1.82) is 0 Å². The molecule has 1 saturated heterocycles. The predicted molar refractivity (Wildman–Crippen MR) is 88.6 cm³/mol. The van der Waals surface area contributed by atoms with Gasteiger partial charge in [0, 0.05) is 29.7 Å². The monoisotopic (exact) mass is 396 g/mol. The molecule has 6 nitrogen and oxygen atoms in total. The first-order chi connectivity index (χ1) is 11.0. The van der Waals surface area contributed by atoms with E-state index in [4.69, 9.17) is 0 Å². The Balaban J connectivity index is 1.51. The molecule has 0 radical (unpaired) electrons. The Labute approximate surface area is 143 Å².